The molecule has 0 aliphatic carbocycles. The molecule has 0 fully saturated rings. The van der Waals surface area contributed by atoms with Gasteiger partial charge in [0.2, 0.25) is 0 Å². The Morgan fingerprint density at radius 2 is 1.54 bits per heavy atom. The van der Waals surface area contributed by atoms with Crippen molar-refractivity contribution in [2.75, 3.05) is 12.4 Å². The van der Waals surface area contributed by atoms with Crippen LogP contribution in [-0.4, -0.2) is 31.3 Å². The average Bonchev–Trinajstić information content (AvgIpc) is 2.48. The summed E-state index contributed by atoms with van der Waals surface area (Å²) < 4.78 is 34.9. The predicted molar refractivity (Wildman–Crippen MR) is 126 cm³/mol. The molecule has 0 aromatic heterocycles. The number of esters is 1. The molecule has 1 aromatic rings. The van der Waals surface area contributed by atoms with Crippen LogP contribution >= 0.6 is 0 Å². The highest BCUT2D eigenvalue weighted by Gasteiger charge is 2.21. The molecule has 1 rings (SSSR count). The number of ether oxygens (including phenoxy) is 1. The van der Waals surface area contributed by atoms with Crippen LogP contribution in [0.4, 0.5) is 0 Å². The van der Waals surface area contributed by atoms with E-state index >= 15 is 0 Å². The van der Waals surface area contributed by atoms with Crippen LogP contribution in [0.1, 0.15) is 89.2 Å². The van der Waals surface area contributed by atoms with Gasteiger partial charge in [0.25, 0.3) is 10.1 Å². The van der Waals surface area contributed by atoms with E-state index in [0.717, 1.165) is 0 Å². The molecule has 0 spiro atoms. The Kier molecular flexibility index (Phi) is 29.8. The molecule has 0 aliphatic rings. The monoisotopic (exact) mass is 424 g/mol. The van der Waals surface area contributed by atoms with Gasteiger partial charge >= 0.3 is 5.97 Å². The smallest absolute Gasteiger partial charge is 0.308 e. The summed E-state index contributed by atoms with van der Waals surface area (Å²) in [5, 5.41) is 0. The van der Waals surface area contributed by atoms with E-state index in [9.17, 15) is 13.2 Å². The molecule has 0 bridgehead atoms. The van der Waals surface area contributed by atoms with Crippen molar-refractivity contribution < 1.29 is 22.5 Å². The zero-order chi connectivity index (χ0) is 16.6. The fraction of sp³-hybridized carbons (Fsp3) is 0.682. The highest BCUT2D eigenvalue weighted by molar-refractivity contribution is 7.85. The first-order chi connectivity index (χ1) is 10.3. The van der Waals surface area contributed by atoms with E-state index in [1.165, 1.54) is 5.56 Å². The molecule has 0 aliphatic heterocycles. The van der Waals surface area contributed by atoms with Gasteiger partial charge in [0.15, 0.2) is 0 Å². The van der Waals surface area contributed by atoms with Crippen molar-refractivity contribution in [1.82, 2.24) is 0 Å². The minimum atomic E-state index is -3.99. The zero-order valence-electron chi connectivity index (χ0n) is 13.1. The van der Waals surface area contributed by atoms with Crippen molar-refractivity contribution in [1.29, 1.82) is 0 Å². The van der Waals surface area contributed by atoms with Gasteiger partial charge in [0, 0.05) is 0 Å². The molecule has 0 heterocycles. The van der Waals surface area contributed by atoms with Gasteiger partial charge in [-0.15, -0.1) is 0 Å². The summed E-state index contributed by atoms with van der Waals surface area (Å²) in [5.74, 6) is -0.657. The Hall–Kier alpha value is -1.40. The van der Waals surface area contributed by atoms with Crippen LogP contribution in [0.3, 0.4) is 0 Å². The Morgan fingerprint density at radius 1 is 1.04 bits per heavy atom. The Labute approximate surface area is 176 Å². The first kappa shape index (κ1) is 41.1. The zero-order valence-corrected chi connectivity index (χ0v) is 13.9. The van der Waals surface area contributed by atoms with Crippen molar-refractivity contribution >= 4 is 16.1 Å². The van der Waals surface area contributed by atoms with E-state index in [1.54, 1.807) is 0 Å². The minimum absolute atomic E-state index is 0. The van der Waals surface area contributed by atoms with Gasteiger partial charge in [0.1, 0.15) is 0 Å². The third-order valence-electron chi connectivity index (χ3n) is 3.62. The van der Waals surface area contributed by atoms with Gasteiger partial charge in [-0.3, -0.25) is 9.35 Å². The van der Waals surface area contributed by atoms with Crippen molar-refractivity contribution in [2.24, 2.45) is 5.92 Å². The van der Waals surface area contributed by atoms with Crippen LogP contribution in [0.25, 0.3) is 0 Å². The van der Waals surface area contributed by atoms with E-state index in [2.05, 4.69) is 6.92 Å². The highest BCUT2D eigenvalue weighted by atomic mass is 32.2. The van der Waals surface area contributed by atoms with Gasteiger partial charge in [0.05, 0.1) is 18.3 Å². The van der Waals surface area contributed by atoms with E-state index in [1.807, 2.05) is 37.3 Å². The van der Waals surface area contributed by atoms with Gasteiger partial charge in [-0.05, 0) is 30.7 Å². The number of rotatable bonds is 9. The van der Waals surface area contributed by atoms with Crippen LogP contribution in [0.15, 0.2) is 30.3 Å². The second-order valence-corrected chi connectivity index (χ2v) is 7.03. The number of carbonyl (C=O) groups excluding carboxylic acids is 1. The molecule has 0 saturated carbocycles. The molecule has 0 saturated heterocycles. The summed E-state index contributed by atoms with van der Waals surface area (Å²) in [5.41, 5.74) is 1.18. The Balaban J connectivity index is -0.000000202. The quantitative estimate of drug-likeness (QED) is 0.266. The third-order valence-corrected chi connectivity index (χ3v) is 4.43. The van der Waals surface area contributed by atoms with Gasteiger partial charge < -0.3 is 4.74 Å². The molecule has 28 heavy (non-hydrogen) atoms. The summed E-state index contributed by atoms with van der Waals surface area (Å²) in [4.78, 5) is 12.0. The lowest BCUT2D eigenvalue weighted by Gasteiger charge is -2.19. The van der Waals surface area contributed by atoms with Crippen LogP contribution in [0.2, 0.25) is 0 Å². The van der Waals surface area contributed by atoms with Gasteiger partial charge in [-0.2, -0.15) is 8.42 Å². The van der Waals surface area contributed by atoms with E-state index < -0.39 is 15.9 Å². The fourth-order valence-corrected chi connectivity index (χ4v) is 2.79. The largest absolute Gasteiger partial charge is 0.465 e. The maximum absolute atomic E-state index is 12.0. The average molecular weight is 425 g/mol. The van der Waals surface area contributed by atoms with Crippen LogP contribution in [0, 0.1) is 5.92 Å². The summed E-state index contributed by atoms with van der Waals surface area (Å²) in [6, 6.07) is 9.97. The lowest BCUT2D eigenvalue weighted by molar-refractivity contribution is -0.149. The second-order valence-electron chi connectivity index (χ2n) is 5.46. The van der Waals surface area contributed by atoms with Crippen LogP contribution in [0.5, 0.6) is 0 Å². The number of hydrogen-bond donors (Lipinski definition) is 1. The standard InChI is InChI=1S/C16H24O5S.6CH4/c1-3-14(12-13(2)15-8-5-4-6-9-15)16(17)21-10-7-11-22(18,19)20;;;;;;/h4-6,8-9,13-14H,3,7,10-12H2,1-2H3,(H,18,19,20);6*1H4. The first-order valence-electron chi connectivity index (χ1n) is 7.50. The normalized spacial score (nSPS) is 11.2. The number of benzene rings is 1. The molecule has 1 N–H and O–H groups in total. The fourth-order valence-electron chi connectivity index (χ4n) is 2.31. The Morgan fingerprint density at radius 3 is 1.96 bits per heavy atom. The predicted octanol–water partition coefficient (Wildman–Crippen LogP) is 6.84. The second kappa shape index (κ2) is 20.3. The summed E-state index contributed by atoms with van der Waals surface area (Å²) in [6.07, 6.45) is 1.47. The summed E-state index contributed by atoms with van der Waals surface area (Å²) in [7, 11) is -3.99. The number of hydrogen-bond acceptors (Lipinski definition) is 4. The lowest BCUT2D eigenvalue weighted by Crippen LogP contribution is -2.20. The molecule has 172 valence electrons. The molecule has 2 unspecified atom stereocenters. The minimum Gasteiger partial charge on any atom is -0.465 e. The molecule has 6 heteroatoms. The van der Waals surface area contributed by atoms with Crippen molar-refractivity contribution in [2.45, 2.75) is 83.6 Å². The molecule has 5 nitrogen and oxygen atoms in total. The lowest BCUT2D eigenvalue weighted by atomic mass is 9.89. The van der Waals surface area contributed by atoms with Crippen molar-refractivity contribution in [3.8, 4) is 0 Å². The molecule has 0 radical (unpaired) electrons. The van der Waals surface area contributed by atoms with Crippen LogP contribution in [-0.2, 0) is 19.6 Å². The molecule has 0 amide bonds. The Bertz CT molecular complexity index is 556. The van der Waals surface area contributed by atoms with Crippen LogP contribution < -0.4 is 0 Å². The van der Waals surface area contributed by atoms with E-state index in [4.69, 9.17) is 9.29 Å². The molecular formula is C22H48O5S. The summed E-state index contributed by atoms with van der Waals surface area (Å²) in [6.45, 7) is 4.01. The molecule has 2 atom stereocenters. The van der Waals surface area contributed by atoms with Gasteiger partial charge in [-0.25, -0.2) is 0 Å². The number of carbonyl (C=O) groups is 1. The molecule has 1 aromatic carbocycles. The maximum Gasteiger partial charge on any atom is 0.308 e. The van der Waals surface area contributed by atoms with Gasteiger partial charge in [-0.1, -0.05) is 88.7 Å². The topological polar surface area (TPSA) is 80.7 Å². The van der Waals surface area contributed by atoms with E-state index in [0.29, 0.717) is 12.8 Å². The SMILES string of the molecule is C.C.C.C.C.C.CCC(CC(C)c1ccccc1)C(=O)OCCCS(=O)(=O)O. The van der Waals surface area contributed by atoms with E-state index in [-0.39, 0.29) is 75.4 Å². The third kappa shape index (κ3) is 16.8. The highest BCUT2D eigenvalue weighted by Crippen LogP contribution is 2.25. The summed E-state index contributed by atoms with van der Waals surface area (Å²) >= 11 is 0. The van der Waals surface area contributed by atoms with Crippen molar-refractivity contribution in [3.63, 3.8) is 0 Å². The molecular weight excluding hydrogens is 376 g/mol. The maximum atomic E-state index is 12.0. The van der Waals surface area contributed by atoms with Crippen molar-refractivity contribution in [3.05, 3.63) is 35.9 Å². The first-order valence-corrected chi connectivity index (χ1v) is 9.11.